The first-order valence-corrected chi connectivity index (χ1v) is 19.5. The van der Waals surface area contributed by atoms with Crippen molar-refractivity contribution in [3.05, 3.63) is 24.3 Å². The van der Waals surface area contributed by atoms with Gasteiger partial charge in [-0.05, 0) is 6.07 Å². The molecular weight excluding hydrogens is 456 g/mol. The van der Waals surface area contributed by atoms with E-state index in [-0.39, 0.29) is 6.03 Å². The van der Waals surface area contributed by atoms with Gasteiger partial charge in [-0.1, -0.05) is 12.1 Å². The summed E-state index contributed by atoms with van der Waals surface area (Å²) in [6.07, 6.45) is 2.32. The van der Waals surface area contributed by atoms with E-state index in [1.54, 1.807) is 7.11 Å². The van der Waals surface area contributed by atoms with Gasteiger partial charge in [-0.25, -0.2) is 0 Å². The number of fused-ring (bicyclic) bond motifs is 10. The molecule has 4 unspecified atom stereocenters. The zero-order valence-electron chi connectivity index (χ0n) is 19.3. The quantitative estimate of drug-likeness (QED) is 0.437. The number of benzene rings is 1. The molecule has 1 spiro atoms. The van der Waals surface area contributed by atoms with Crippen molar-refractivity contribution in [2.24, 2.45) is 5.73 Å². The van der Waals surface area contributed by atoms with Crippen LogP contribution in [0.5, 0.6) is 5.75 Å². The standard InChI is InChI=1S/C21H29N4O2.C5H5.Fe/c1-27-20-11-5-4-10-19(20)24-16-14-23(15-17-24)12-6-7-13-25(21(22)26)18-8-2-3-9-18;1-2-4-5-3-1;/h2-5,8-11H,6-7,12-17H2,1H3,(H2,22,26);1-5H;. The van der Waals surface area contributed by atoms with Gasteiger partial charge in [0.15, 0.2) is 0 Å². The fourth-order valence-electron chi connectivity index (χ4n) is 20.0. The number of methoxy groups -OCH3 is 1. The van der Waals surface area contributed by atoms with Crippen LogP contribution < -0.4 is 15.4 Å². The Morgan fingerprint density at radius 2 is 1.67 bits per heavy atom. The molecule has 2 N–H and O–H groups in total. The molecule has 7 heteroatoms. The Balaban J connectivity index is 0.744. The number of nitrogens with two attached hydrogens (primary N) is 1. The summed E-state index contributed by atoms with van der Waals surface area (Å²) < 4.78 is 6.04. The average molecular weight is 490 g/mol. The van der Waals surface area contributed by atoms with Gasteiger partial charge in [-0.15, -0.1) is 0 Å². The molecule has 4 atom stereocenters. The van der Waals surface area contributed by atoms with Crippen LogP contribution in [0.4, 0.5) is 10.5 Å². The number of carbonyl (C=O) groups is 1. The normalized spacial score (nSPS) is 70.2. The molecule has 0 aromatic heterocycles. The Morgan fingerprint density at radius 3 is 2.18 bits per heavy atom. The van der Waals surface area contributed by atoms with E-state index in [1.165, 1.54) is 45.8 Å². The molecule has 11 fully saturated rings. The van der Waals surface area contributed by atoms with Gasteiger partial charge in [0, 0.05) is 0 Å². The van der Waals surface area contributed by atoms with Crippen LogP contribution in [-0.4, -0.2) is 66.6 Å². The molecule has 0 aliphatic carbocycles. The number of para-hydroxylation sites is 2. The molecule has 11 aliphatic heterocycles. The Hall–Kier alpha value is -1.43. The number of amides is 2. The molecule has 0 radical (unpaired) electrons. The van der Waals surface area contributed by atoms with Crippen molar-refractivity contribution >= 4 is 11.7 Å². The van der Waals surface area contributed by atoms with Crippen molar-refractivity contribution < 1.29 is 16.0 Å². The predicted octanol–water partition coefficient (Wildman–Crippen LogP) is 4.28. The number of piperazine rings is 1. The fourth-order valence-corrected chi connectivity index (χ4v) is 93.8. The zero-order valence-corrected chi connectivity index (χ0v) is 20.4. The van der Waals surface area contributed by atoms with E-state index in [9.17, 15) is 4.79 Å². The van der Waals surface area contributed by atoms with Crippen LogP contribution >= 0.6 is 0 Å². The van der Waals surface area contributed by atoms with Gasteiger partial charge >= 0.3 is 155 Å². The second-order valence-electron chi connectivity index (χ2n) is 15.3. The van der Waals surface area contributed by atoms with Crippen LogP contribution in [0, 0.1) is 0 Å². The van der Waals surface area contributed by atoms with Gasteiger partial charge in [-0.2, -0.15) is 0 Å². The van der Waals surface area contributed by atoms with Gasteiger partial charge in [0.05, 0.1) is 7.11 Å². The SMILES string of the molecule is COc1ccccc1N1CCN(CCCCN(C(N)=O)[C]23[CH]4[CH]5[CH]6[CH]2[Fe]56432789[CH]3[CH]2[CH]7[CH]8[CH]39)CC1. The molecule has 0 bridgehead atoms. The Bertz CT molecular complexity index is 1490. The van der Waals surface area contributed by atoms with Crippen molar-refractivity contribution in [3.63, 3.8) is 0 Å². The maximum atomic E-state index is 12.8. The van der Waals surface area contributed by atoms with E-state index in [1.807, 2.05) is 6.07 Å². The number of hydrogen-bond acceptors (Lipinski definition) is 4. The van der Waals surface area contributed by atoms with Crippen LogP contribution in [0.3, 0.4) is 0 Å². The summed E-state index contributed by atoms with van der Waals surface area (Å²) in [5.41, 5.74) is 7.36. The minimum absolute atomic E-state index is 0.0477. The maximum absolute atomic E-state index is 12.8. The Labute approximate surface area is 185 Å². The third kappa shape index (κ3) is 0.382. The number of urea groups is 1. The molecule has 11 aliphatic rings. The number of primary amides is 1. The molecule has 11 heterocycles. The van der Waals surface area contributed by atoms with Crippen molar-refractivity contribution in [2.75, 3.05) is 51.3 Å². The first-order valence-electron chi connectivity index (χ1n) is 13.3. The third-order valence-corrected chi connectivity index (χ3v) is 61.3. The summed E-state index contributed by atoms with van der Waals surface area (Å²) in [6, 6.07) is 8.30. The van der Waals surface area contributed by atoms with Gasteiger partial charge in [-0.3, -0.25) is 0 Å². The minimum atomic E-state index is -3.30. The molecule has 11 saturated heterocycles. The summed E-state index contributed by atoms with van der Waals surface area (Å²) in [5.74, 6) is 0.969. The van der Waals surface area contributed by atoms with Gasteiger partial charge in [0.25, 0.3) is 0 Å². The van der Waals surface area contributed by atoms with Crippen LogP contribution in [0.25, 0.3) is 0 Å². The van der Waals surface area contributed by atoms with Gasteiger partial charge in [0.1, 0.15) is 0 Å². The number of carbonyl (C=O) groups excluding carboxylic acids is 1. The van der Waals surface area contributed by atoms with E-state index in [2.05, 4.69) is 32.9 Å². The average Bonchev–Trinajstić information content (AvgIpc) is 3.78. The summed E-state index contributed by atoms with van der Waals surface area (Å²) >= 11 is 0. The molecule has 1 aromatic carbocycles. The summed E-state index contributed by atoms with van der Waals surface area (Å²) in [7, 11) is 1.76. The molecule has 33 heavy (non-hydrogen) atoms. The number of anilines is 1. The Morgan fingerprint density at radius 1 is 1.03 bits per heavy atom. The van der Waals surface area contributed by atoms with Gasteiger partial charge < -0.3 is 4.74 Å². The Kier molecular flexibility index (Phi) is 1.14. The van der Waals surface area contributed by atoms with E-state index in [0.29, 0.717) is 4.44 Å². The molecule has 1 aromatic rings. The second-order valence-corrected chi connectivity index (χ2v) is 38.9. The number of hydrogen-bond donors (Lipinski definition) is 1. The molecule has 12 rings (SSSR count). The molecule has 178 valence electrons. The first-order chi connectivity index (χ1) is 15.9. The number of rotatable bonds is 8. The predicted molar refractivity (Wildman–Crippen MR) is 124 cm³/mol. The number of unbranched alkanes of at least 4 members (excludes halogenated alkanes) is 1. The third-order valence-electron chi connectivity index (χ3n) is 19.2. The van der Waals surface area contributed by atoms with E-state index >= 15 is 0 Å². The van der Waals surface area contributed by atoms with Crippen LogP contribution in [-0.2, 0) is 6.51 Å². The second kappa shape index (κ2) is 2.31. The van der Waals surface area contributed by atoms with Crippen LogP contribution in [0.15, 0.2) is 24.3 Å². The fraction of sp³-hybridized carbons (Fsp3) is 0.731. The van der Waals surface area contributed by atoms with E-state index < -0.39 is 6.51 Å². The summed E-state index contributed by atoms with van der Waals surface area (Å²) in [4.78, 5) is 31.2. The van der Waals surface area contributed by atoms with Crippen LogP contribution in [0.1, 0.15) is 12.8 Å². The molecule has 2 amide bonds. The molecule has 6 nitrogen and oxygen atoms in total. The number of ether oxygens (including phenoxy) is 1. The topological polar surface area (TPSA) is 62.0 Å². The summed E-state index contributed by atoms with van der Waals surface area (Å²) in [6.45, 7) is 3.10. The van der Waals surface area contributed by atoms with Crippen molar-refractivity contribution in [3.8, 4) is 5.75 Å². The van der Waals surface area contributed by atoms with Crippen molar-refractivity contribution in [2.45, 2.75) is 60.6 Å². The van der Waals surface area contributed by atoms with E-state index in [4.69, 9.17) is 10.5 Å². The van der Waals surface area contributed by atoms with Crippen molar-refractivity contribution in [1.29, 1.82) is 0 Å². The number of nitrogens with zero attached hydrogens (tertiary/aromatic N) is 3. The van der Waals surface area contributed by atoms with Crippen molar-refractivity contribution in [1.82, 2.24) is 9.80 Å². The molecule has 0 saturated carbocycles. The molecular formula is C26H34FeN4O2. The summed E-state index contributed by atoms with van der Waals surface area (Å²) in [5, 5.41) is 0. The van der Waals surface area contributed by atoms with Gasteiger partial charge in [0.2, 0.25) is 0 Å². The monoisotopic (exact) mass is 490 g/mol. The van der Waals surface area contributed by atoms with E-state index in [0.717, 1.165) is 61.1 Å². The zero-order chi connectivity index (χ0) is 21.7. The first kappa shape index (κ1) is 16.3. The van der Waals surface area contributed by atoms with Crippen LogP contribution in [0.2, 0.25) is 43.3 Å².